The minimum atomic E-state index is 0.529. The third-order valence-corrected chi connectivity index (χ3v) is 5.71. The molecule has 0 aliphatic carbocycles. The van der Waals surface area contributed by atoms with Crippen LogP contribution in [0.15, 0.2) is 43.0 Å². The molecule has 2 unspecified atom stereocenters. The molecule has 1 aromatic heterocycles. The highest BCUT2D eigenvalue weighted by atomic mass is 15.3. The number of hydrogen-bond acceptors (Lipinski definition) is 3. The van der Waals surface area contributed by atoms with Crippen molar-refractivity contribution in [1.82, 2.24) is 19.7 Å². The van der Waals surface area contributed by atoms with Crippen molar-refractivity contribution in [2.45, 2.75) is 50.5 Å². The quantitative estimate of drug-likeness (QED) is 0.753. The Kier molecular flexibility index (Phi) is 4.97. The molecule has 0 amide bonds. The molecule has 0 radical (unpaired) electrons. The minimum Gasteiger partial charge on any atom is -0.315 e. The number of benzene rings is 1. The lowest BCUT2D eigenvalue weighted by molar-refractivity contribution is 0.191. The Labute approximate surface area is 150 Å². The van der Waals surface area contributed by atoms with Crippen molar-refractivity contribution in [3.8, 4) is 0 Å². The van der Waals surface area contributed by atoms with Crippen LogP contribution in [-0.4, -0.2) is 39.3 Å². The number of rotatable bonds is 6. The molecule has 2 aliphatic rings. The van der Waals surface area contributed by atoms with E-state index in [2.05, 4.69) is 62.7 Å². The van der Waals surface area contributed by atoms with Crippen LogP contribution in [0, 0.1) is 0 Å². The highest BCUT2D eigenvalue weighted by Gasteiger charge is 2.29. The van der Waals surface area contributed by atoms with Gasteiger partial charge < -0.3 is 9.47 Å². The first-order valence-electron chi connectivity index (χ1n) is 9.65. The summed E-state index contributed by atoms with van der Waals surface area (Å²) in [7, 11) is 0. The second-order valence-electron chi connectivity index (χ2n) is 7.46. The summed E-state index contributed by atoms with van der Waals surface area (Å²) >= 11 is 0. The van der Waals surface area contributed by atoms with Crippen LogP contribution in [0.3, 0.4) is 0 Å². The maximum atomic E-state index is 4.54. The second-order valence-corrected chi connectivity index (χ2v) is 7.46. The molecule has 0 bridgehead atoms. The highest BCUT2D eigenvalue weighted by Crippen LogP contribution is 2.30. The summed E-state index contributed by atoms with van der Waals surface area (Å²) in [4.78, 5) is 2.63. The van der Waals surface area contributed by atoms with E-state index in [1.165, 1.54) is 43.0 Å². The molecule has 132 valence electrons. The van der Waals surface area contributed by atoms with Crippen LogP contribution in [0.2, 0.25) is 0 Å². The topological polar surface area (TPSA) is 34.0 Å². The second kappa shape index (κ2) is 7.52. The smallest absolute Gasteiger partial charge is 0.137 e. The molecule has 1 saturated heterocycles. The van der Waals surface area contributed by atoms with Crippen molar-refractivity contribution in [3.63, 3.8) is 0 Å². The Morgan fingerprint density at radius 3 is 2.88 bits per heavy atom. The normalized spacial score (nSPS) is 21.8. The average molecular weight is 336 g/mol. The monoisotopic (exact) mass is 336 g/mol. The maximum Gasteiger partial charge on any atom is 0.137 e. The van der Waals surface area contributed by atoms with Crippen LogP contribution in [0.4, 0.5) is 0 Å². The Bertz CT molecular complexity index is 706. The van der Waals surface area contributed by atoms with E-state index in [1.807, 2.05) is 0 Å². The molecule has 2 aromatic rings. The molecular weight excluding hydrogens is 308 g/mol. The van der Waals surface area contributed by atoms with Crippen molar-refractivity contribution in [2.24, 2.45) is 0 Å². The minimum absolute atomic E-state index is 0.529. The molecular formula is C21H28N4. The predicted molar refractivity (Wildman–Crippen MR) is 101 cm³/mol. The lowest BCUT2D eigenvalue weighted by atomic mass is 9.92. The molecule has 3 heterocycles. The predicted octanol–water partition coefficient (Wildman–Crippen LogP) is 3.76. The van der Waals surface area contributed by atoms with Gasteiger partial charge in [-0.3, -0.25) is 0 Å². The molecule has 4 heteroatoms. The van der Waals surface area contributed by atoms with E-state index in [-0.39, 0.29) is 0 Å². The van der Waals surface area contributed by atoms with Gasteiger partial charge in [0.05, 0.1) is 0 Å². The van der Waals surface area contributed by atoms with E-state index in [4.69, 9.17) is 0 Å². The number of likely N-dealkylation sites (tertiary alicyclic amines) is 1. The summed E-state index contributed by atoms with van der Waals surface area (Å²) < 4.78 is 2.38. The van der Waals surface area contributed by atoms with E-state index < -0.39 is 0 Å². The third kappa shape index (κ3) is 3.54. The summed E-state index contributed by atoms with van der Waals surface area (Å²) in [5.41, 5.74) is 1.42. The van der Waals surface area contributed by atoms with Crippen molar-refractivity contribution >= 4 is 0 Å². The van der Waals surface area contributed by atoms with Crippen molar-refractivity contribution < 1.29 is 0 Å². The van der Waals surface area contributed by atoms with Crippen LogP contribution in [0.25, 0.3) is 0 Å². The fraction of sp³-hybridized carbons (Fsp3) is 0.524. The van der Waals surface area contributed by atoms with Crippen LogP contribution in [0.5, 0.6) is 0 Å². The lowest BCUT2D eigenvalue weighted by Crippen LogP contribution is -2.38. The first kappa shape index (κ1) is 16.5. The fourth-order valence-electron chi connectivity index (χ4n) is 4.46. The first-order chi connectivity index (χ1) is 12.3. The molecule has 0 spiro atoms. The molecule has 1 aromatic carbocycles. The lowest BCUT2D eigenvalue weighted by Gasteiger charge is -2.34. The molecule has 0 saturated carbocycles. The molecule has 0 N–H and O–H groups in total. The van der Waals surface area contributed by atoms with Crippen LogP contribution >= 0.6 is 0 Å². The van der Waals surface area contributed by atoms with E-state index in [1.54, 1.807) is 0 Å². The summed E-state index contributed by atoms with van der Waals surface area (Å²) in [5.74, 6) is 3.49. The van der Waals surface area contributed by atoms with Gasteiger partial charge in [-0.15, -0.1) is 16.8 Å². The maximum absolute atomic E-state index is 4.54. The number of aryl methyl sites for hydroxylation is 1. The summed E-state index contributed by atoms with van der Waals surface area (Å²) in [6.07, 6.45) is 7.91. The van der Waals surface area contributed by atoms with Crippen LogP contribution < -0.4 is 0 Å². The first-order valence-corrected chi connectivity index (χ1v) is 9.65. The Morgan fingerprint density at radius 1 is 1.16 bits per heavy atom. The van der Waals surface area contributed by atoms with E-state index in [0.29, 0.717) is 11.8 Å². The zero-order valence-electron chi connectivity index (χ0n) is 15.0. The Hall–Kier alpha value is -1.94. The van der Waals surface area contributed by atoms with Gasteiger partial charge in [-0.2, -0.15) is 0 Å². The molecule has 4 rings (SSSR count). The number of hydrogen-bond donors (Lipinski definition) is 0. The van der Waals surface area contributed by atoms with E-state index >= 15 is 0 Å². The van der Waals surface area contributed by atoms with Crippen molar-refractivity contribution in [2.75, 3.05) is 19.6 Å². The number of piperidine rings is 1. The highest BCUT2D eigenvalue weighted by molar-refractivity contribution is 5.21. The molecule has 4 nitrogen and oxygen atoms in total. The zero-order chi connectivity index (χ0) is 17.1. The Morgan fingerprint density at radius 2 is 2.04 bits per heavy atom. The number of fused-ring (bicyclic) bond motifs is 1. The summed E-state index contributed by atoms with van der Waals surface area (Å²) in [6.45, 7) is 8.49. The van der Waals surface area contributed by atoms with Crippen molar-refractivity contribution in [1.29, 1.82) is 0 Å². The van der Waals surface area contributed by atoms with Crippen LogP contribution in [0.1, 0.15) is 54.7 Å². The summed E-state index contributed by atoms with van der Waals surface area (Å²) in [6, 6.07) is 10.9. The van der Waals surface area contributed by atoms with E-state index in [0.717, 1.165) is 32.5 Å². The third-order valence-electron chi connectivity index (χ3n) is 5.71. The SMILES string of the molecule is C=CCC(CN1CCCC(c2nnc3n2CCC3)C1)c1ccccc1. The van der Waals surface area contributed by atoms with Gasteiger partial charge in [0.1, 0.15) is 11.6 Å². The number of allylic oxidation sites excluding steroid dienone is 1. The average Bonchev–Trinajstić information content (AvgIpc) is 3.26. The van der Waals surface area contributed by atoms with Gasteiger partial charge in [0, 0.05) is 37.9 Å². The van der Waals surface area contributed by atoms with Gasteiger partial charge in [0.15, 0.2) is 0 Å². The molecule has 2 atom stereocenters. The fourth-order valence-corrected chi connectivity index (χ4v) is 4.46. The molecule has 2 aliphatic heterocycles. The molecule has 1 fully saturated rings. The standard InChI is InChI=1S/C21H28N4/c1-2-8-18(17-9-4-3-5-10-17)15-24-13-6-11-19(16-24)21-23-22-20-12-7-14-25(20)21/h2-5,9-10,18-19H,1,6-8,11-16H2. The molecule has 25 heavy (non-hydrogen) atoms. The van der Waals surface area contributed by atoms with Crippen LogP contribution in [-0.2, 0) is 13.0 Å². The Balaban J connectivity index is 1.46. The van der Waals surface area contributed by atoms with Gasteiger partial charge in [-0.1, -0.05) is 36.4 Å². The number of nitrogens with zero attached hydrogens (tertiary/aromatic N) is 4. The van der Waals surface area contributed by atoms with Gasteiger partial charge in [0.25, 0.3) is 0 Å². The largest absolute Gasteiger partial charge is 0.315 e. The summed E-state index contributed by atoms with van der Waals surface area (Å²) in [5, 5.41) is 8.96. The van der Waals surface area contributed by atoms with Gasteiger partial charge in [0.2, 0.25) is 0 Å². The van der Waals surface area contributed by atoms with Gasteiger partial charge in [-0.05, 0) is 37.8 Å². The van der Waals surface area contributed by atoms with Crippen molar-refractivity contribution in [3.05, 3.63) is 60.2 Å². The van der Waals surface area contributed by atoms with E-state index in [9.17, 15) is 0 Å². The van der Waals surface area contributed by atoms with Gasteiger partial charge >= 0.3 is 0 Å². The number of aromatic nitrogens is 3. The van der Waals surface area contributed by atoms with Gasteiger partial charge in [-0.25, -0.2) is 0 Å². The zero-order valence-corrected chi connectivity index (χ0v) is 15.0.